The highest BCUT2D eigenvalue weighted by atomic mass is 32.2. The zero-order chi connectivity index (χ0) is 17.5. The van der Waals surface area contributed by atoms with Crippen molar-refractivity contribution >= 4 is 34.4 Å². The fourth-order valence-corrected chi connectivity index (χ4v) is 4.35. The van der Waals surface area contributed by atoms with Gasteiger partial charge in [0.1, 0.15) is 11.6 Å². The summed E-state index contributed by atoms with van der Waals surface area (Å²) < 4.78 is 2.32. The molecule has 26 heavy (non-hydrogen) atoms. The molecule has 1 aliphatic heterocycles. The van der Waals surface area contributed by atoms with Crippen molar-refractivity contribution in [3.63, 3.8) is 0 Å². The Morgan fingerprint density at radius 3 is 2.69 bits per heavy atom. The molecule has 7 nitrogen and oxygen atoms in total. The number of hydrogen-bond acceptors (Lipinski definition) is 7. The molecule has 0 spiro atoms. The SMILES string of the molecule is Nc1nc(CSc2nnc(N3CCCC3)n2C2CC2)nc2ccccc12. The van der Waals surface area contributed by atoms with Gasteiger partial charge in [0.25, 0.3) is 0 Å². The third-order valence-corrected chi connectivity index (χ3v) is 5.90. The Balaban J connectivity index is 1.40. The summed E-state index contributed by atoms with van der Waals surface area (Å²) in [6, 6.07) is 8.39. The molecule has 5 rings (SSSR count). The lowest BCUT2D eigenvalue weighted by Crippen LogP contribution is -2.22. The molecule has 2 N–H and O–H groups in total. The van der Waals surface area contributed by atoms with Gasteiger partial charge in [-0.3, -0.25) is 4.57 Å². The Kier molecular flexibility index (Phi) is 3.92. The molecule has 134 valence electrons. The number of nitrogen functional groups attached to an aromatic ring is 1. The van der Waals surface area contributed by atoms with Crippen LogP contribution in [0.15, 0.2) is 29.4 Å². The van der Waals surface area contributed by atoms with Crippen LogP contribution in [-0.4, -0.2) is 37.8 Å². The minimum Gasteiger partial charge on any atom is -0.383 e. The second-order valence-electron chi connectivity index (χ2n) is 6.91. The van der Waals surface area contributed by atoms with Crippen LogP contribution in [-0.2, 0) is 5.75 Å². The number of benzene rings is 1. The molecule has 1 saturated carbocycles. The molecule has 0 amide bonds. The Bertz CT molecular complexity index is 944. The molecule has 1 aromatic carbocycles. The van der Waals surface area contributed by atoms with Gasteiger partial charge in [0, 0.05) is 24.5 Å². The molecule has 0 radical (unpaired) electrons. The van der Waals surface area contributed by atoms with Crippen molar-refractivity contribution in [1.82, 2.24) is 24.7 Å². The van der Waals surface area contributed by atoms with Crippen LogP contribution in [0.2, 0.25) is 0 Å². The second-order valence-corrected chi connectivity index (χ2v) is 7.85. The molecular weight excluding hydrogens is 346 g/mol. The van der Waals surface area contributed by atoms with Gasteiger partial charge >= 0.3 is 0 Å². The van der Waals surface area contributed by atoms with Gasteiger partial charge in [0.15, 0.2) is 5.16 Å². The largest absolute Gasteiger partial charge is 0.383 e. The van der Waals surface area contributed by atoms with Crippen molar-refractivity contribution in [2.75, 3.05) is 23.7 Å². The fraction of sp³-hybridized carbons (Fsp3) is 0.444. The first-order valence-corrected chi connectivity index (χ1v) is 10.1. The average molecular weight is 367 g/mol. The highest BCUT2D eigenvalue weighted by Crippen LogP contribution is 2.41. The molecule has 2 aromatic heterocycles. The van der Waals surface area contributed by atoms with Crippen molar-refractivity contribution in [2.24, 2.45) is 0 Å². The van der Waals surface area contributed by atoms with Crippen molar-refractivity contribution in [3.8, 4) is 0 Å². The summed E-state index contributed by atoms with van der Waals surface area (Å²) in [4.78, 5) is 11.5. The summed E-state index contributed by atoms with van der Waals surface area (Å²) in [5.74, 6) is 2.94. The van der Waals surface area contributed by atoms with Crippen LogP contribution in [0.25, 0.3) is 10.9 Å². The molecule has 8 heteroatoms. The van der Waals surface area contributed by atoms with Gasteiger partial charge < -0.3 is 10.6 Å². The zero-order valence-electron chi connectivity index (χ0n) is 14.5. The third-order valence-electron chi connectivity index (χ3n) is 4.96. The van der Waals surface area contributed by atoms with Gasteiger partial charge in [-0.1, -0.05) is 23.9 Å². The van der Waals surface area contributed by atoms with Crippen LogP contribution < -0.4 is 10.6 Å². The number of nitrogens with two attached hydrogens (primary N) is 1. The van der Waals surface area contributed by atoms with Gasteiger partial charge in [0.2, 0.25) is 5.95 Å². The highest BCUT2D eigenvalue weighted by molar-refractivity contribution is 7.98. The van der Waals surface area contributed by atoms with E-state index in [2.05, 4.69) is 29.6 Å². The predicted molar refractivity (Wildman–Crippen MR) is 103 cm³/mol. The molecule has 2 fully saturated rings. The molecule has 3 heterocycles. The second kappa shape index (κ2) is 6.42. The Morgan fingerprint density at radius 1 is 1.08 bits per heavy atom. The number of thioether (sulfide) groups is 1. The molecule has 3 aromatic rings. The molecule has 0 unspecified atom stereocenters. The summed E-state index contributed by atoms with van der Waals surface area (Å²) in [6.45, 7) is 2.17. The van der Waals surface area contributed by atoms with Gasteiger partial charge in [-0.2, -0.15) is 0 Å². The highest BCUT2D eigenvalue weighted by Gasteiger charge is 2.32. The lowest BCUT2D eigenvalue weighted by atomic mass is 10.2. The maximum Gasteiger partial charge on any atom is 0.228 e. The quantitative estimate of drug-likeness (QED) is 0.694. The monoisotopic (exact) mass is 367 g/mol. The summed E-state index contributed by atoms with van der Waals surface area (Å²) in [5.41, 5.74) is 6.99. The summed E-state index contributed by atoms with van der Waals surface area (Å²) >= 11 is 1.65. The van der Waals surface area contributed by atoms with Crippen LogP contribution in [0.4, 0.5) is 11.8 Å². The first-order valence-electron chi connectivity index (χ1n) is 9.13. The summed E-state index contributed by atoms with van der Waals surface area (Å²) in [7, 11) is 0. The van der Waals surface area contributed by atoms with Crippen molar-refractivity contribution in [1.29, 1.82) is 0 Å². The first kappa shape index (κ1) is 15.9. The minimum atomic E-state index is 0.535. The zero-order valence-corrected chi connectivity index (χ0v) is 15.3. The molecular formula is C18H21N7S. The van der Waals surface area contributed by atoms with E-state index in [1.807, 2.05) is 24.3 Å². The number of para-hydroxylation sites is 1. The number of anilines is 2. The molecule has 0 bridgehead atoms. The van der Waals surface area contributed by atoms with Gasteiger partial charge in [-0.05, 0) is 37.8 Å². The van der Waals surface area contributed by atoms with Crippen LogP contribution in [0.3, 0.4) is 0 Å². The standard InChI is InChI=1S/C18H21N7S/c19-16-13-5-1-2-6-14(13)20-15(21-16)11-26-18-23-22-17(24-9-3-4-10-24)25(18)12-7-8-12/h1-2,5-6,12H,3-4,7-11H2,(H2,19,20,21). The lowest BCUT2D eigenvalue weighted by Gasteiger charge is -2.17. The van der Waals surface area contributed by atoms with Crippen LogP contribution in [0, 0.1) is 0 Å². The van der Waals surface area contributed by atoms with E-state index in [1.165, 1.54) is 25.7 Å². The maximum absolute atomic E-state index is 6.10. The van der Waals surface area contributed by atoms with Gasteiger partial charge in [-0.25, -0.2) is 9.97 Å². The Morgan fingerprint density at radius 2 is 1.88 bits per heavy atom. The van der Waals surface area contributed by atoms with E-state index in [1.54, 1.807) is 11.8 Å². The smallest absolute Gasteiger partial charge is 0.228 e. The number of nitrogens with zero attached hydrogens (tertiary/aromatic N) is 6. The van der Waals surface area contributed by atoms with Crippen LogP contribution >= 0.6 is 11.8 Å². The normalized spacial score (nSPS) is 17.3. The van der Waals surface area contributed by atoms with E-state index in [9.17, 15) is 0 Å². The third kappa shape index (κ3) is 2.88. The van der Waals surface area contributed by atoms with E-state index >= 15 is 0 Å². The molecule has 1 saturated heterocycles. The van der Waals surface area contributed by atoms with E-state index in [0.717, 1.165) is 40.9 Å². The maximum atomic E-state index is 6.10. The van der Waals surface area contributed by atoms with Crippen molar-refractivity contribution in [3.05, 3.63) is 30.1 Å². The Labute approximate surface area is 156 Å². The predicted octanol–water partition coefficient (Wildman–Crippen LogP) is 3.03. The number of hydrogen-bond donors (Lipinski definition) is 1. The number of aromatic nitrogens is 5. The minimum absolute atomic E-state index is 0.535. The van der Waals surface area contributed by atoms with E-state index in [-0.39, 0.29) is 0 Å². The van der Waals surface area contributed by atoms with Crippen molar-refractivity contribution < 1.29 is 0 Å². The molecule has 1 aliphatic carbocycles. The van der Waals surface area contributed by atoms with Gasteiger partial charge in [0.05, 0.1) is 11.3 Å². The van der Waals surface area contributed by atoms with Crippen LogP contribution in [0.5, 0.6) is 0 Å². The van der Waals surface area contributed by atoms with E-state index in [0.29, 0.717) is 17.6 Å². The summed E-state index contributed by atoms with van der Waals surface area (Å²) in [6.07, 6.45) is 4.91. The van der Waals surface area contributed by atoms with Gasteiger partial charge in [-0.15, -0.1) is 10.2 Å². The number of fused-ring (bicyclic) bond motifs is 1. The molecule has 0 atom stereocenters. The van der Waals surface area contributed by atoms with E-state index < -0.39 is 0 Å². The summed E-state index contributed by atoms with van der Waals surface area (Å²) in [5, 5.41) is 10.8. The lowest BCUT2D eigenvalue weighted by molar-refractivity contribution is 0.651. The fourth-order valence-electron chi connectivity index (χ4n) is 3.50. The van der Waals surface area contributed by atoms with E-state index in [4.69, 9.17) is 5.73 Å². The first-order chi connectivity index (χ1) is 12.8. The Hall–Kier alpha value is -2.35. The topological polar surface area (TPSA) is 85.7 Å². The average Bonchev–Trinajstić information content (AvgIpc) is 3.18. The number of rotatable bonds is 5. The van der Waals surface area contributed by atoms with Crippen molar-refractivity contribution in [2.45, 2.75) is 42.6 Å². The molecule has 2 aliphatic rings. The van der Waals surface area contributed by atoms with Crippen LogP contribution in [0.1, 0.15) is 37.5 Å².